The summed E-state index contributed by atoms with van der Waals surface area (Å²) in [5.74, 6) is -3.63. The molecule has 7 rings (SSSR count). The Balaban J connectivity index is 1.56. The van der Waals surface area contributed by atoms with Gasteiger partial charge in [0.1, 0.15) is 11.6 Å². The Hall–Kier alpha value is -5.64. The SMILES string of the molecule is O=C1c2cc(ccc2F)Cc2nn(c(=O)c3ccccc23)C(=O)c2cc(ccc2F)Cc2nn1c(=O)c1ccccc21. The summed E-state index contributed by atoms with van der Waals surface area (Å²) in [6, 6.07) is 20.7. The van der Waals surface area contributed by atoms with Crippen LogP contribution < -0.4 is 11.1 Å². The molecule has 0 fully saturated rings. The van der Waals surface area contributed by atoms with Gasteiger partial charge >= 0.3 is 0 Å². The number of carbonyl (C=O) groups excluding carboxylic acids is 2. The smallest absolute Gasteiger partial charge is 0.267 e. The van der Waals surface area contributed by atoms with Crippen LogP contribution in [0.15, 0.2) is 94.5 Å². The first-order valence-electron chi connectivity index (χ1n) is 13.0. The van der Waals surface area contributed by atoms with Crippen molar-refractivity contribution in [1.29, 1.82) is 0 Å². The molecule has 0 unspecified atom stereocenters. The van der Waals surface area contributed by atoms with Crippen molar-refractivity contribution in [3.63, 3.8) is 0 Å². The van der Waals surface area contributed by atoms with Gasteiger partial charge in [0.25, 0.3) is 22.9 Å². The first-order chi connectivity index (χ1) is 20.3. The van der Waals surface area contributed by atoms with E-state index in [9.17, 15) is 19.2 Å². The lowest BCUT2D eigenvalue weighted by atomic mass is 10.0. The van der Waals surface area contributed by atoms with Gasteiger partial charge < -0.3 is 0 Å². The van der Waals surface area contributed by atoms with Crippen LogP contribution in [-0.4, -0.2) is 31.4 Å². The minimum atomic E-state index is -0.962. The lowest BCUT2D eigenvalue weighted by Crippen LogP contribution is -2.32. The van der Waals surface area contributed by atoms with Gasteiger partial charge in [-0.25, -0.2) is 8.78 Å². The van der Waals surface area contributed by atoms with E-state index in [-0.39, 0.29) is 46.1 Å². The van der Waals surface area contributed by atoms with Gasteiger partial charge in [-0.15, -0.1) is 0 Å². The van der Waals surface area contributed by atoms with Crippen LogP contribution in [0, 0.1) is 11.6 Å². The molecule has 0 saturated carbocycles. The summed E-state index contributed by atoms with van der Waals surface area (Å²) >= 11 is 0. The summed E-state index contributed by atoms with van der Waals surface area (Å²) in [7, 11) is 0. The van der Waals surface area contributed by atoms with E-state index in [0.29, 0.717) is 31.3 Å². The van der Waals surface area contributed by atoms with Crippen LogP contribution in [0.2, 0.25) is 0 Å². The van der Waals surface area contributed by atoms with Gasteiger partial charge in [-0.05, 0) is 47.5 Å². The van der Waals surface area contributed by atoms with E-state index in [1.807, 2.05) is 0 Å². The van der Waals surface area contributed by atoms with Gasteiger partial charge in [0.05, 0.1) is 33.3 Å². The molecule has 0 aliphatic carbocycles. The third kappa shape index (κ3) is 3.95. The Labute approximate surface area is 235 Å². The quantitative estimate of drug-likeness (QED) is 0.275. The molecular formula is C32H18F2N4O4. The number of rotatable bonds is 0. The van der Waals surface area contributed by atoms with Crippen LogP contribution >= 0.6 is 0 Å². The van der Waals surface area contributed by atoms with Gasteiger partial charge in [-0.3, -0.25) is 19.2 Å². The first kappa shape index (κ1) is 25.3. The van der Waals surface area contributed by atoms with E-state index >= 15 is 8.78 Å². The second-order valence-corrected chi connectivity index (χ2v) is 10.0. The third-order valence-electron chi connectivity index (χ3n) is 7.41. The first-order valence-corrected chi connectivity index (χ1v) is 13.0. The number of benzene rings is 4. The Morgan fingerprint density at radius 1 is 0.524 bits per heavy atom. The van der Waals surface area contributed by atoms with E-state index in [1.54, 1.807) is 36.4 Å². The minimum absolute atomic E-state index is 0.0115. The van der Waals surface area contributed by atoms with E-state index < -0.39 is 34.6 Å². The van der Waals surface area contributed by atoms with Crippen LogP contribution in [0.5, 0.6) is 0 Å². The number of hydrogen-bond acceptors (Lipinski definition) is 6. The number of halogens is 2. The molecule has 6 aromatic rings. The molecule has 10 heteroatoms. The summed E-state index contributed by atoms with van der Waals surface area (Å²) in [5.41, 5.74) is -0.818. The molecule has 204 valence electrons. The molecule has 0 N–H and O–H groups in total. The summed E-state index contributed by atoms with van der Waals surface area (Å²) < 4.78 is 31.5. The molecule has 3 heterocycles. The normalized spacial score (nSPS) is 13.1. The van der Waals surface area contributed by atoms with Crippen molar-refractivity contribution in [3.05, 3.63) is 151 Å². The molecule has 1 aliphatic heterocycles. The molecule has 2 aromatic heterocycles. The second kappa shape index (κ2) is 9.48. The maximum Gasteiger partial charge on any atom is 0.284 e. The van der Waals surface area contributed by atoms with Crippen molar-refractivity contribution in [2.45, 2.75) is 12.8 Å². The maximum absolute atomic E-state index is 15.1. The van der Waals surface area contributed by atoms with Crippen molar-refractivity contribution >= 4 is 33.4 Å². The van der Waals surface area contributed by atoms with Gasteiger partial charge in [0.2, 0.25) is 0 Å². The summed E-state index contributed by atoms with van der Waals surface area (Å²) in [6.07, 6.45) is -0.0229. The predicted octanol–water partition coefficient (Wildman–Crippen LogP) is 4.26. The van der Waals surface area contributed by atoms with Gasteiger partial charge in [-0.1, -0.05) is 48.5 Å². The third-order valence-corrected chi connectivity index (χ3v) is 7.41. The van der Waals surface area contributed by atoms with Crippen LogP contribution in [-0.2, 0) is 12.8 Å². The summed E-state index contributed by atoms with van der Waals surface area (Å²) in [5, 5.41) is 9.89. The second-order valence-electron chi connectivity index (χ2n) is 10.0. The van der Waals surface area contributed by atoms with Crippen molar-refractivity contribution in [2.24, 2.45) is 0 Å². The molecule has 42 heavy (non-hydrogen) atoms. The molecule has 0 amide bonds. The summed E-state index contributed by atoms with van der Waals surface area (Å²) in [6.45, 7) is 0. The van der Waals surface area contributed by atoms with Crippen molar-refractivity contribution in [2.75, 3.05) is 0 Å². The lowest BCUT2D eigenvalue weighted by molar-refractivity contribution is 0.0927. The Morgan fingerprint density at radius 3 is 1.31 bits per heavy atom. The van der Waals surface area contributed by atoms with Crippen molar-refractivity contribution < 1.29 is 18.4 Å². The maximum atomic E-state index is 15.1. The Kier molecular flexibility index (Phi) is 5.72. The lowest BCUT2D eigenvalue weighted by Gasteiger charge is -2.14. The van der Waals surface area contributed by atoms with Crippen molar-refractivity contribution in [3.8, 4) is 0 Å². The number of fused-ring (bicyclic) bond motifs is 12. The summed E-state index contributed by atoms with van der Waals surface area (Å²) in [4.78, 5) is 54.1. The minimum Gasteiger partial charge on any atom is -0.267 e. The average molecular weight is 561 g/mol. The van der Waals surface area contributed by atoms with Crippen molar-refractivity contribution in [1.82, 2.24) is 19.6 Å². The molecule has 8 nitrogen and oxygen atoms in total. The standard InChI is InChI=1S/C32H18F2N4O4/c33-25-11-9-17-13-23(25)32(42)38-30(40)22-8-4-2-6-20(22)28(36-38)16-18-10-12-26(34)24(14-18)31(41)37-29(39)21-7-3-1-5-19(21)27(15-17)35-37/h1-14H,15-16H2. The Bertz CT molecular complexity index is 2110. The number of hydrogen-bond donors (Lipinski definition) is 0. The molecule has 0 saturated heterocycles. The molecule has 0 spiro atoms. The largest absolute Gasteiger partial charge is 0.284 e. The van der Waals surface area contributed by atoms with Gasteiger partial charge in [0, 0.05) is 23.6 Å². The highest BCUT2D eigenvalue weighted by atomic mass is 19.1. The topological polar surface area (TPSA) is 104 Å². The zero-order chi connectivity index (χ0) is 29.1. The predicted molar refractivity (Wildman–Crippen MR) is 150 cm³/mol. The number of carbonyl (C=O) groups is 2. The van der Waals surface area contributed by atoms with Crippen LogP contribution in [0.4, 0.5) is 8.78 Å². The number of nitrogens with zero attached hydrogens (tertiary/aromatic N) is 4. The fourth-order valence-corrected chi connectivity index (χ4v) is 5.35. The highest BCUT2D eigenvalue weighted by Gasteiger charge is 2.24. The van der Waals surface area contributed by atoms with E-state index in [2.05, 4.69) is 10.2 Å². The fourth-order valence-electron chi connectivity index (χ4n) is 5.35. The van der Waals surface area contributed by atoms with Gasteiger partial charge in [-0.2, -0.15) is 19.6 Å². The van der Waals surface area contributed by atoms with E-state index in [0.717, 1.165) is 12.1 Å². The van der Waals surface area contributed by atoms with Crippen LogP contribution in [0.1, 0.15) is 43.2 Å². The van der Waals surface area contributed by atoms with Gasteiger partial charge in [0.15, 0.2) is 0 Å². The highest BCUT2D eigenvalue weighted by Crippen LogP contribution is 2.23. The monoisotopic (exact) mass is 560 g/mol. The van der Waals surface area contributed by atoms with E-state index in [1.165, 1.54) is 36.4 Å². The molecule has 0 radical (unpaired) electrons. The highest BCUT2D eigenvalue weighted by molar-refractivity contribution is 5.98. The molecule has 4 aromatic carbocycles. The van der Waals surface area contributed by atoms with E-state index in [4.69, 9.17) is 0 Å². The molecular weight excluding hydrogens is 542 g/mol. The Morgan fingerprint density at radius 2 is 0.905 bits per heavy atom. The molecule has 1 aliphatic rings. The zero-order valence-corrected chi connectivity index (χ0v) is 21.7. The average Bonchev–Trinajstić information content (AvgIpc) is 3.00. The molecule has 8 bridgehead atoms. The molecule has 0 atom stereocenters. The van der Waals surface area contributed by atoms with Crippen LogP contribution in [0.25, 0.3) is 21.5 Å². The number of aromatic nitrogens is 4. The zero-order valence-electron chi connectivity index (χ0n) is 21.7. The van der Waals surface area contributed by atoms with Crippen LogP contribution in [0.3, 0.4) is 0 Å². The fraction of sp³-hybridized carbons (Fsp3) is 0.0625.